The van der Waals surface area contributed by atoms with Crippen LogP contribution in [0.5, 0.6) is 11.6 Å². The maximum absolute atomic E-state index is 13.7. The van der Waals surface area contributed by atoms with Crippen LogP contribution >= 0.6 is 0 Å². The molecule has 1 fully saturated rings. The second-order valence-electron chi connectivity index (χ2n) is 19.6. The van der Waals surface area contributed by atoms with Gasteiger partial charge in [0.2, 0.25) is 18.3 Å². The molecule has 1 aliphatic rings. The minimum Gasteiger partial charge on any atom is -0.494 e. The van der Waals surface area contributed by atoms with Gasteiger partial charge in [-0.1, -0.05) is 19.9 Å². The topological polar surface area (TPSA) is 199 Å². The Kier molecular flexibility index (Phi) is 15.8. The molecule has 2 aromatic rings. The Balaban J connectivity index is 2.18. The van der Waals surface area contributed by atoms with E-state index in [4.69, 9.17) is 38.3 Å². The summed E-state index contributed by atoms with van der Waals surface area (Å²) in [5, 5.41) is 16.6. The van der Waals surface area contributed by atoms with Crippen molar-refractivity contribution < 1.29 is 62.2 Å². The van der Waals surface area contributed by atoms with Crippen molar-refractivity contribution >= 4 is 29.8 Å². The molecule has 2 N–H and O–H groups in total. The van der Waals surface area contributed by atoms with Gasteiger partial charge in [0.1, 0.15) is 18.5 Å². The zero-order valence-electron chi connectivity index (χ0n) is 37.5. The lowest BCUT2D eigenvalue weighted by Gasteiger charge is -2.45. The van der Waals surface area contributed by atoms with Crippen molar-refractivity contribution in [1.82, 2.24) is 10.2 Å². The Bertz CT molecular complexity index is 1800. The fourth-order valence-electron chi connectivity index (χ4n) is 5.56. The van der Waals surface area contributed by atoms with E-state index in [9.17, 15) is 24.0 Å². The molecule has 59 heavy (non-hydrogen) atoms. The number of aliphatic carboxylic acids is 1. The number of benzene rings is 1. The molecule has 0 saturated carbocycles. The molecule has 0 bridgehead atoms. The Morgan fingerprint density at radius 3 is 1.80 bits per heavy atom. The number of carbonyl (C=O) groups is 5. The van der Waals surface area contributed by atoms with Crippen molar-refractivity contribution in [3.05, 3.63) is 40.6 Å². The van der Waals surface area contributed by atoms with E-state index in [-0.39, 0.29) is 24.8 Å². The van der Waals surface area contributed by atoms with Crippen LogP contribution in [-0.4, -0.2) is 89.1 Å². The van der Waals surface area contributed by atoms with E-state index >= 15 is 0 Å². The number of aromatic amines is 1. The van der Waals surface area contributed by atoms with Gasteiger partial charge in [-0.2, -0.15) is 0 Å². The molecule has 2 heterocycles. The lowest BCUT2D eigenvalue weighted by molar-refractivity contribution is -0.294. The number of hydrogen-bond donors (Lipinski definition) is 2. The molecule has 0 aliphatic carbocycles. The molecular formula is C44H66N2O13. The van der Waals surface area contributed by atoms with Crippen LogP contribution in [0.25, 0.3) is 0 Å². The van der Waals surface area contributed by atoms with E-state index in [1.807, 2.05) is 39.0 Å². The predicted molar refractivity (Wildman–Crippen MR) is 217 cm³/mol. The monoisotopic (exact) mass is 830 g/mol. The van der Waals surface area contributed by atoms with E-state index in [1.165, 1.54) is 0 Å². The van der Waals surface area contributed by atoms with Gasteiger partial charge in [0, 0.05) is 24.1 Å². The van der Waals surface area contributed by atoms with Gasteiger partial charge in [0.05, 0.1) is 28.3 Å². The summed E-state index contributed by atoms with van der Waals surface area (Å²) in [5.41, 5.74) is -0.758. The SMILES string of the molecule is Cc1cc(OCCCC(=O)O)ccc1Cc1c(OC2O[C@H](COC(=O)C(C)(C)C)[C@@H](OC(=O)C(C)(C)C)[C@H](OC(=O)C(C)(C)C)[C@H]2OC(=O)C(C)(C)C)n[nH]c1C(C)C. The molecule has 0 radical (unpaired) electrons. The molecule has 5 atom stereocenters. The van der Waals surface area contributed by atoms with Gasteiger partial charge < -0.3 is 38.3 Å². The number of carboxylic acids is 1. The van der Waals surface area contributed by atoms with Gasteiger partial charge in [-0.25, -0.2) is 0 Å². The Labute approximate surface area is 348 Å². The first kappa shape index (κ1) is 48.7. The smallest absolute Gasteiger partial charge is 0.311 e. The van der Waals surface area contributed by atoms with Crippen LogP contribution in [-0.2, 0) is 54.1 Å². The number of nitrogens with zero attached hydrogens (tertiary/aromatic N) is 1. The van der Waals surface area contributed by atoms with Gasteiger partial charge in [-0.15, -0.1) is 5.10 Å². The molecule has 0 amide bonds. The summed E-state index contributed by atoms with van der Waals surface area (Å²) in [4.78, 5) is 65.0. The number of esters is 4. The second kappa shape index (κ2) is 19.2. The number of hydrogen-bond acceptors (Lipinski definition) is 13. The van der Waals surface area contributed by atoms with Crippen LogP contribution < -0.4 is 9.47 Å². The first-order chi connectivity index (χ1) is 27.0. The molecule has 1 saturated heterocycles. The zero-order chi connectivity index (χ0) is 44.8. The molecule has 1 aromatic carbocycles. The van der Waals surface area contributed by atoms with Crippen LogP contribution in [0, 0.1) is 28.6 Å². The van der Waals surface area contributed by atoms with Crippen molar-refractivity contribution in [1.29, 1.82) is 0 Å². The minimum atomic E-state index is -1.52. The average molecular weight is 831 g/mol. The van der Waals surface area contributed by atoms with Crippen molar-refractivity contribution in [2.75, 3.05) is 13.2 Å². The quantitative estimate of drug-likeness (QED) is 0.103. The van der Waals surface area contributed by atoms with Crippen molar-refractivity contribution in [2.24, 2.45) is 21.7 Å². The lowest BCUT2D eigenvalue weighted by Crippen LogP contribution is -2.65. The zero-order valence-corrected chi connectivity index (χ0v) is 37.5. The summed E-state index contributed by atoms with van der Waals surface area (Å²) in [6, 6.07) is 5.58. The third-order valence-electron chi connectivity index (χ3n) is 9.30. The predicted octanol–water partition coefficient (Wildman–Crippen LogP) is 7.24. The van der Waals surface area contributed by atoms with E-state index in [2.05, 4.69) is 10.2 Å². The Morgan fingerprint density at radius 1 is 0.780 bits per heavy atom. The van der Waals surface area contributed by atoms with E-state index in [1.54, 1.807) is 83.1 Å². The highest BCUT2D eigenvalue weighted by Gasteiger charge is 2.56. The van der Waals surface area contributed by atoms with Gasteiger partial charge in [0.15, 0.2) is 12.2 Å². The number of aryl methyl sites for hydroxylation is 1. The largest absolute Gasteiger partial charge is 0.494 e. The molecule has 1 aliphatic heterocycles. The number of rotatable bonds is 15. The van der Waals surface area contributed by atoms with E-state index in [0.717, 1.165) is 16.8 Å². The summed E-state index contributed by atoms with van der Waals surface area (Å²) >= 11 is 0. The number of ether oxygens (including phenoxy) is 7. The first-order valence-corrected chi connectivity index (χ1v) is 20.1. The molecule has 0 spiro atoms. The van der Waals surface area contributed by atoms with Gasteiger partial charge >= 0.3 is 29.8 Å². The standard InChI is InChI=1S/C44H66N2O13/c1-24(2)31-28(22-26-18-19-27(21-25(26)3)53-20-16-17-30(47)48)35(46-45-31)59-36-34(58-40(52)44(13,14)15)33(57-39(51)43(10,11)12)32(56-38(50)42(7,8)9)29(55-36)23-54-37(49)41(4,5)6/h18-19,21,24,29,32-34,36H,16-17,20,22-23H2,1-15H3,(H,45,46)(H,47,48)/t29-,32-,33+,34-,36?/m1/s1. The molecular weight excluding hydrogens is 764 g/mol. The minimum absolute atomic E-state index is 0.00455. The molecule has 3 rings (SSSR count). The van der Waals surface area contributed by atoms with Crippen LogP contribution in [0.1, 0.15) is 138 Å². The maximum atomic E-state index is 13.7. The Morgan fingerprint density at radius 2 is 1.31 bits per heavy atom. The second-order valence-corrected chi connectivity index (χ2v) is 19.6. The third kappa shape index (κ3) is 13.7. The lowest BCUT2D eigenvalue weighted by atomic mass is 9.93. The van der Waals surface area contributed by atoms with E-state index in [0.29, 0.717) is 24.2 Å². The van der Waals surface area contributed by atoms with Gasteiger partial charge in [0.25, 0.3) is 0 Å². The number of aromatic nitrogens is 2. The number of H-pyrrole nitrogens is 1. The highest BCUT2D eigenvalue weighted by Crippen LogP contribution is 2.37. The summed E-state index contributed by atoms with van der Waals surface area (Å²) < 4.78 is 43.0. The maximum Gasteiger partial charge on any atom is 0.311 e. The van der Waals surface area contributed by atoms with Crippen LogP contribution in [0.2, 0.25) is 0 Å². The Hall–Kier alpha value is -4.66. The van der Waals surface area contributed by atoms with Gasteiger partial charge in [-0.05, 0) is 126 Å². The molecule has 15 nitrogen and oxygen atoms in total. The summed E-state index contributed by atoms with van der Waals surface area (Å²) in [6.45, 7) is 25.7. The van der Waals surface area contributed by atoms with Crippen LogP contribution in [0.4, 0.5) is 0 Å². The average Bonchev–Trinajstić information content (AvgIpc) is 3.49. The summed E-state index contributed by atoms with van der Waals surface area (Å²) in [7, 11) is 0. The molecule has 1 aromatic heterocycles. The highest BCUT2D eigenvalue weighted by molar-refractivity contribution is 5.78. The molecule has 1 unspecified atom stereocenters. The number of carboxylic acid groups (broad SMARTS) is 1. The van der Waals surface area contributed by atoms with Crippen LogP contribution in [0.3, 0.4) is 0 Å². The molecule has 330 valence electrons. The third-order valence-corrected chi connectivity index (χ3v) is 9.30. The fraction of sp³-hybridized carbons (Fsp3) is 0.682. The number of nitrogens with one attached hydrogen (secondary N) is 1. The van der Waals surface area contributed by atoms with Crippen LogP contribution in [0.15, 0.2) is 18.2 Å². The molecule has 15 heteroatoms. The van der Waals surface area contributed by atoms with Gasteiger partial charge in [-0.3, -0.25) is 29.1 Å². The summed E-state index contributed by atoms with van der Waals surface area (Å²) in [6.07, 6.45) is -6.50. The van der Waals surface area contributed by atoms with Crippen molar-refractivity contribution in [2.45, 2.75) is 160 Å². The van der Waals surface area contributed by atoms with Crippen molar-refractivity contribution in [3.8, 4) is 11.6 Å². The fourth-order valence-corrected chi connectivity index (χ4v) is 5.56. The highest BCUT2D eigenvalue weighted by atomic mass is 16.7. The van der Waals surface area contributed by atoms with E-state index < -0.39 is 88.8 Å². The number of carbonyl (C=O) groups excluding carboxylic acids is 4. The first-order valence-electron chi connectivity index (χ1n) is 20.1. The van der Waals surface area contributed by atoms with Crippen molar-refractivity contribution in [3.63, 3.8) is 0 Å². The summed E-state index contributed by atoms with van der Waals surface area (Å²) in [5.74, 6) is -2.82. The normalized spacial score (nSPS) is 20.1.